The number of benzene rings is 4. The van der Waals surface area contributed by atoms with Crippen LogP contribution >= 0.6 is 11.8 Å². The molecule has 0 radical (unpaired) electrons. The second-order valence-corrected chi connectivity index (χ2v) is 18.6. The van der Waals surface area contributed by atoms with Gasteiger partial charge in [0.2, 0.25) is 0 Å². The topological polar surface area (TPSA) is 183 Å². The Hall–Kier alpha value is -5.79. The zero-order valence-electron chi connectivity index (χ0n) is 38.0. The molecule has 0 spiro atoms. The number of likely N-dealkylation sites (tertiary alicyclic amines) is 2. The van der Waals surface area contributed by atoms with Crippen LogP contribution in [0.5, 0.6) is 0 Å². The van der Waals surface area contributed by atoms with Gasteiger partial charge in [-0.1, -0.05) is 60.4 Å². The molecule has 2 aromatic heterocycles. The Morgan fingerprint density at radius 3 is 2.14 bits per heavy atom. The lowest BCUT2D eigenvalue weighted by molar-refractivity contribution is -0.0264. The summed E-state index contributed by atoms with van der Waals surface area (Å²) in [5.41, 5.74) is 17.6. The molecule has 344 valence electrons. The lowest BCUT2D eigenvalue weighted by Crippen LogP contribution is -2.42. The van der Waals surface area contributed by atoms with Crippen molar-refractivity contribution in [2.24, 2.45) is 5.73 Å². The van der Waals surface area contributed by atoms with Gasteiger partial charge in [-0.15, -0.1) is 11.8 Å². The monoisotopic (exact) mass is 906 g/mol. The summed E-state index contributed by atoms with van der Waals surface area (Å²) < 4.78 is 6.68. The van der Waals surface area contributed by atoms with Crippen LogP contribution in [0.4, 0.5) is 11.4 Å². The number of H-pyrrole nitrogens is 2. The van der Waals surface area contributed by atoms with E-state index >= 15 is 0 Å². The standard InChI is InChI=1S/C26H29N5O3S.C26H33N5/c1-31-12-9-17(10-13-31)34-25(26-29-19-7-2-3-8-20(19)30-26)16-5-4-6-18(15-16)35-14-11-28-22-21(27)23(32)24(22)33;1-31-17-14-22(15-18-31)28-25(26-29-23-12-5-6-13-24(23)30-26)21-11-8-10-20(19-21)9-4-2-3-7-16-27/h2-8,15,17,25,28H,9-14,27H2,1H3,(H,29,30);5-6,8,10-13,19,22,25,28H,2-3,7,14-18,27H2,1H3,(H,29,30). The molecule has 7 aromatic rings. The summed E-state index contributed by atoms with van der Waals surface area (Å²) in [5.74, 6) is 9.12. The number of piperidine rings is 2. The number of nitrogen functional groups attached to an aromatic ring is 1. The smallest absolute Gasteiger partial charge is 0.253 e. The Morgan fingerprint density at radius 2 is 1.44 bits per heavy atom. The van der Waals surface area contributed by atoms with Crippen molar-refractivity contribution in [1.82, 2.24) is 35.1 Å². The first-order chi connectivity index (χ1) is 32.2. The van der Waals surface area contributed by atoms with Crippen molar-refractivity contribution in [2.45, 2.75) is 74.1 Å². The normalized spacial score (nSPS) is 16.2. The van der Waals surface area contributed by atoms with Crippen LogP contribution in [0.3, 0.4) is 0 Å². The van der Waals surface area contributed by atoms with E-state index in [1.807, 2.05) is 42.5 Å². The Balaban J connectivity index is 0.000000181. The van der Waals surface area contributed by atoms with Crippen molar-refractivity contribution in [2.75, 3.05) is 70.2 Å². The summed E-state index contributed by atoms with van der Waals surface area (Å²) in [4.78, 5) is 45.4. The molecule has 2 saturated heterocycles. The lowest BCUT2D eigenvalue weighted by atomic mass is 9.99. The van der Waals surface area contributed by atoms with Crippen molar-refractivity contribution in [3.63, 3.8) is 0 Å². The number of hydrogen-bond donors (Lipinski definition) is 6. The molecule has 8 N–H and O–H groups in total. The fourth-order valence-electron chi connectivity index (χ4n) is 8.58. The highest BCUT2D eigenvalue weighted by Crippen LogP contribution is 2.32. The molecule has 66 heavy (non-hydrogen) atoms. The number of thioether (sulfide) groups is 1. The number of imidazole rings is 2. The molecule has 5 aromatic carbocycles. The lowest BCUT2D eigenvalue weighted by Gasteiger charge is -2.32. The molecule has 0 bridgehead atoms. The van der Waals surface area contributed by atoms with E-state index in [4.69, 9.17) is 26.2 Å². The summed E-state index contributed by atoms with van der Waals surface area (Å²) >= 11 is 1.66. The number of anilines is 2. The third-order valence-electron chi connectivity index (χ3n) is 12.4. The van der Waals surface area contributed by atoms with Crippen LogP contribution < -0.4 is 33.0 Å². The van der Waals surface area contributed by atoms with Crippen molar-refractivity contribution in [3.05, 3.63) is 146 Å². The third-order valence-corrected chi connectivity index (χ3v) is 13.4. The van der Waals surface area contributed by atoms with Gasteiger partial charge in [-0.05, 0) is 132 Å². The third kappa shape index (κ3) is 12.0. The van der Waals surface area contributed by atoms with E-state index in [2.05, 4.69) is 111 Å². The maximum Gasteiger partial charge on any atom is 0.253 e. The van der Waals surface area contributed by atoms with Crippen molar-refractivity contribution in [3.8, 4) is 11.8 Å². The van der Waals surface area contributed by atoms with Gasteiger partial charge in [0.1, 0.15) is 29.1 Å². The largest absolute Gasteiger partial charge is 0.394 e. The predicted octanol–water partition coefficient (Wildman–Crippen LogP) is 6.96. The van der Waals surface area contributed by atoms with Gasteiger partial charge in [0.25, 0.3) is 10.9 Å². The second-order valence-electron chi connectivity index (χ2n) is 17.4. The van der Waals surface area contributed by atoms with Gasteiger partial charge in [-0.25, -0.2) is 9.97 Å². The fourth-order valence-corrected chi connectivity index (χ4v) is 9.41. The molecule has 0 amide bonds. The zero-order valence-corrected chi connectivity index (χ0v) is 38.8. The van der Waals surface area contributed by atoms with Crippen molar-refractivity contribution >= 4 is 45.2 Å². The van der Waals surface area contributed by atoms with Gasteiger partial charge in [0, 0.05) is 48.3 Å². The van der Waals surface area contributed by atoms with Gasteiger partial charge >= 0.3 is 0 Å². The number of hydrogen-bond acceptors (Lipinski definition) is 12. The van der Waals surface area contributed by atoms with Crippen LogP contribution in [-0.2, 0) is 4.74 Å². The minimum atomic E-state index is -0.603. The van der Waals surface area contributed by atoms with Crippen LogP contribution in [-0.4, -0.2) is 101 Å². The van der Waals surface area contributed by atoms with Crippen LogP contribution in [0.1, 0.15) is 85.4 Å². The summed E-state index contributed by atoms with van der Waals surface area (Å²) in [6, 6.07) is 33.6. The number of aromatic amines is 2. The van der Waals surface area contributed by atoms with E-state index in [-0.39, 0.29) is 29.6 Å². The molecule has 2 aliphatic heterocycles. The molecular formula is C52H62N10O3S. The number of nitrogens with zero attached hydrogens (tertiary/aromatic N) is 4. The minimum absolute atomic E-state index is 0.0137. The van der Waals surface area contributed by atoms with E-state index in [1.165, 1.54) is 5.56 Å². The average Bonchev–Trinajstić information content (AvgIpc) is 3.98. The van der Waals surface area contributed by atoms with Crippen LogP contribution in [0.2, 0.25) is 0 Å². The van der Waals surface area contributed by atoms with Gasteiger partial charge in [-0.2, -0.15) is 0 Å². The van der Waals surface area contributed by atoms with Crippen LogP contribution in [0.25, 0.3) is 22.1 Å². The van der Waals surface area contributed by atoms with Gasteiger partial charge in [0.05, 0.1) is 34.2 Å². The number of para-hydroxylation sites is 4. The maximum absolute atomic E-state index is 11.6. The quantitative estimate of drug-likeness (QED) is 0.0254. The molecular weight excluding hydrogens is 845 g/mol. The molecule has 4 heterocycles. The Labute approximate surface area is 391 Å². The van der Waals surface area contributed by atoms with E-state index in [0.29, 0.717) is 18.3 Å². The molecule has 9 rings (SSSR count). The number of nitrogens with one attached hydrogen (secondary N) is 4. The second kappa shape index (κ2) is 22.6. The zero-order chi connectivity index (χ0) is 45.8. The van der Waals surface area contributed by atoms with Crippen LogP contribution in [0, 0.1) is 11.8 Å². The first kappa shape index (κ1) is 46.7. The number of ether oxygens (including phenoxy) is 1. The molecule has 2 atom stereocenters. The van der Waals surface area contributed by atoms with E-state index < -0.39 is 10.9 Å². The van der Waals surface area contributed by atoms with Crippen molar-refractivity contribution < 1.29 is 4.74 Å². The molecule has 14 heteroatoms. The highest BCUT2D eigenvalue weighted by atomic mass is 32.2. The number of aromatic nitrogens is 4. The highest BCUT2D eigenvalue weighted by Gasteiger charge is 2.27. The maximum atomic E-state index is 11.6. The summed E-state index contributed by atoms with van der Waals surface area (Å²) in [6.45, 7) is 5.56. The SMILES string of the molecule is CN1CCC(NC(c2cccc(C#CCCCCN)c2)c2nc3ccccc3[nH]2)CC1.CN1CCC(OC(c2cccc(SCCNc3c(N)c(=O)c3=O)c2)c2nc3ccccc3[nH]2)CC1. The molecule has 0 aliphatic carbocycles. The predicted molar refractivity (Wildman–Crippen MR) is 269 cm³/mol. The fraction of sp³-hybridized carbons (Fsp3) is 0.385. The van der Waals surface area contributed by atoms with Gasteiger partial charge in [0.15, 0.2) is 0 Å². The Bertz CT molecular complexity index is 2740. The minimum Gasteiger partial charge on any atom is -0.394 e. The van der Waals surface area contributed by atoms with Crippen LogP contribution in [0.15, 0.2) is 112 Å². The first-order valence-electron chi connectivity index (χ1n) is 23.2. The van der Waals surface area contributed by atoms with E-state index in [0.717, 1.165) is 127 Å². The summed E-state index contributed by atoms with van der Waals surface area (Å²) in [7, 11) is 4.34. The molecule has 2 fully saturated rings. The number of fused-ring (bicyclic) bond motifs is 2. The molecule has 2 aliphatic rings. The van der Waals surface area contributed by atoms with E-state index in [9.17, 15) is 9.59 Å². The number of rotatable bonds is 16. The Kier molecular flexibility index (Phi) is 16.0. The van der Waals surface area contributed by atoms with E-state index in [1.54, 1.807) is 11.8 Å². The number of nitrogens with two attached hydrogens (primary N) is 2. The average molecular weight is 907 g/mol. The Morgan fingerprint density at radius 1 is 0.788 bits per heavy atom. The molecule has 13 nitrogen and oxygen atoms in total. The highest BCUT2D eigenvalue weighted by molar-refractivity contribution is 7.99. The molecule has 2 unspecified atom stereocenters. The first-order valence-corrected chi connectivity index (χ1v) is 24.2. The summed E-state index contributed by atoms with van der Waals surface area (Å²) in [6.07, 6.45) is 7.14. The van der Waals surface area contributed by atoms with Gasteiger partial charge in [-0.3, -0.25) is 9.59 Å². The summed E-state index contributed by atoms with van der Waals surface area (Å²) in [5, 5.41) is 6.87. The molecule has 0 saturated carbocycles. The van der Waals surface area contributed by atoms with Crippen molar-refractivity contribution in [1.29, 1.82) is 0 Å². The van der Waals surface area contributed by atoms with Gasteiger partial charge < -0.3 is 46.6 Å². The number of unbranched alkanes of at least 4 members (excludes halogenated alkanes) is 2.